The quantitative estimate of drug-likeness (QED) is 0.584. The predicted molar refractivity (Wildman–Crippen MR) is 82.7 cm³/mol. The number of hydrogen-bond acceptors (Lipinski definition) is 4. The molecule has 0 saturated heterocycles. The van der Waals surface area contributed by atoms with Gasteiger partial charge in [-0.15, -0.1) is 5.20 Å². The Balaban J connectivity index is 2.75. The van der Waals surface area contributed by atoms with Gasteiger partial charge in [0.25, 0.3) is 0 Å². The summed E-state index contributed by atoms with van der Waals surface area (Å²) in [6, 6.07) is 5.87. The second-order valence-electron chi connectivity index (χ2n) is 5.34. The molecule has 20 heavy (non-hydrogen) atoms. The van der Waals surface area contributed by atoms with E-state index in [1.807, 2.05) is 59.7 Å². The highest BCUT2D eigenvalue weighted by atomic mass is 31.2. The molecule has 0 spiro atoms. The van der Waals surface area contributed by atoms with Crippen LogP contribution in [0.1, 0.15) is 38.8 Å². The van der Waals surface area contributed by atoms with Crippen LogP contribution in [0, 0.1) is 13.8 Å². The van der Waals surface area contributed by atoms with Crippen molar-refractivity contribution in [2.45, 2.75) is 53.8 Å². The molecular formula is C14H25N2O3P. The van der Waals surface area contributed by atoms with Crippen LogP contribution in [0.5, 0.6) is 0 Å². The van der Waals surface area contributed by atoms with Gasteiger partial charge in [-0.2, -0.15) is 0 Å². The maximum absolute atomic E-state index is 12.5. The zero-order valence-corrected chi connectivity index (χ0v) is 14.0. The molecule has 0 radical (unpaired) electrons. The lowest BCUT2D eigenvalue weighted by atomic mass is 10.1. The lowest BCUT2D eigenvalue weighted by Crippen LogP contribution is -2.24. The summed E-state index contributed by atoms with van der Waals surface area (Å²) in [6.45, 7) is 11.3. The first-order valence-corrected chi connectivity index (χ1v) is 8.33. The molecule has 0 bridgehead atoms. The number of nitrogens with one attached hydrogen (secondary N) is 2. The Morgan fingerprint density at radius 2 is 1.55 bits per heavy atom. The molecule has 0 aliphatic rings. The maximum Gasteiger partial charge on any atom is 0.423 e. The Bertz CT molecular complexity index is 475. The van der Waals surface area contributed by atoms with Crippen LogP contribution in [-0.4, -0.2) is 12.2 Å². The van der Waals surface area contributed by atoms with Crippen molar-refractivity contribution < 1.29 is 13.6 Å². The minimum Gasteiger partial charge on any atom is -0.312 e. The van der Waals surface area contributed by atoms with E-state index >= 15 is 0 Å². The number of hydrogen-bond donors (Lipinski definition) is 2. The molecule has 114 valence electrons. The zero-order valence-electron chi connectivity index (χ0n) is 13.1. The predicted octanol–water partition coefficient (Wildman–Crippen LogP) is 4.18. The average Bonchev–Trinajstić information content (AvgIpc) is 2.28. The fraction of sp³-hybridized carbons (Fsp3) is 0.571. The van der Waals surface area contributed by atoms with Gasteiger partial charge in [-0.1, -0.05) is 6.07 Å². The van der Waals surface area contributed by atoms with Gasteiger partial charge in [0.15, 0.2) is 0 Å². The van der Waals surface area contributed by atoms with Crippen LogP contribution >= 0.6 is 7.75 Å². The third kappa shape index (κ3) is 5.63. The molecule has 0 heterocycles. The zero-order chi connectivity index (χ0) is 15.3. The molecule has 0 aliphatic heterocycles. The monoisotopic (exact) mass is 300 g/mol. The highest BCUT2D eigenvalue weighted by Gasteiger charge is 2.27. The van der Waals surface area contributed by atoms with Gasteiger partial charge in [0.2, 0.25) is 0 Å². The molecule has 0 fully saturated rings. The van der Waals surface area contributed by atoms with E-state index in [-0.39, 0.29) is 12.2 Å². The molecule has 0 amide bonds. The summed E-state index contributed by atoms with van der Waals surface area (Å²) in [7, 11) is -3.39. The van der Waals surface area contributed by atoms with Crippen molar-refractivity contribution in [2.24, 2.45) is 0 Å². The van der Waals surface area contributed by atoms with Crippen molar-refractivity contribution in [3.8, 4) is 0 Å². The smallest absolute Gasteiger partial charge is 0.312 e. The van der Waals surface area contributed by atoms with Crippen LogP contribution < -0.4 is 10.6 Å². The Kier molecular flexibility index (Phi) is 6.21. The van der Waals surface area contributed by atoms with Crippen molar-refractivity contribution >= 4 is 13.4 Å². The fourth-order valence-electron chi connectivity index (χ4n) is 1.58. The standard InChI is InChI=1S/C14H25N2O3P/c1-10(2)18-20(17,19-11(3)4)16-15-14-8-7-12(5)13(6)9-14/h7-11,15H,1-6H3,(H,16,17). The SMILES string of the molecule is Cc1ccc(NNP(=O)(OC(C)C)OC(C)C)cc1C. The molecule has 0 aromatic heterocycles. The summed E-state index contributed by atoms with van der Waals surface area (Å²) in [5.41, 5.74) is 6.07. The van der Waals surface area contributed by atoms with E-state index < -0.39 is 7.75 Å². The van der Waals surface area contributed by atoms with Crippen molar-refractivity contribution in [2.75, 3.05) is 5.43 Å². The number of hydrazine groups is 1. The Morgan fingerprint density at radius 3 is 2.00 bits per heavy atom. The summed E-state index contributed by atoms with van der Waals surface area (Å²) in [5, 5.41) is 2.68. The highest BCUT2D eigenvalue weighted by Crippen LogP contribution is 2.45. The molecule has 0 unspecified atom stereocenters. The molecule has 2 N–H and O–H groups in total. The molecule has 6 heteroatoms. The lowest BCUT2D eigenvalue weighted by Gasteiger charge is -2.23. The Morgan fingerprint density at radius 1 is 1.00 bits per heavy atom. The van der Waals surface area contributed by atoms with Gasteiger partial charge in [-0.25, -0.2) is 4.57 Å². The van der Waals surface area contributed by atoms with Gasteiger partial charge >= 0.3 is 7.75 Å². The van der Waals surface area contributed by atoms with Gasteiger partial charge in [0.05, 0.1) is 12.2 Å². The minimum absolute atomic E-state index is 0.200. The number of anilines is 1. The maximum atomic E-state index is 12.5. The van der Waals surface area contributed by atoms with E-state index in [1.54, 1.807) is 0 Å². The molecule has 0 aliphatic carbocycles. The van der Waals surface area contributed by atoms with Crippen molar-refractivity contribution in [3.05, 3.63) is 29.3 Å². The van der Waals surface area contributed by atoms with Gasteiger partial charge in [-0.05, 0) is 64.8 Å². The summed E-state index contributed by atoms with van der Waals surface area (Å²) in [5.74, 6) is 0. The van der Waals surface area contributed by atoms with Crippen LogP contribution in [0.4, 0.5) is 5.69 Å². The largest absolute Gasteiger partial charge is 0.423 e. The first-order chi connectivity index (χ1) is 9.22. The van der Waals surface area contributed by atoms with Crippen molar-refractivity contribution in [1.29, 1.82) is 0 Å². The van der Waals surface area contributed by atoms with Gasteiger partial charge < -0.3 is 5.43 Å². The van der Waals surface area contributed by atoms with E-state index in [0.717, 1.165) is 11.3 Å². The molecular weight excluding hydrogens is 275 g/mol. The number of rotatable bonds is 7. The van der Waals surface area contributed by atoms with E-state index in [1.165, 1.54) is 5.56 Å². The van der Waals surface area contributed by atoms with Crippen LogP contribution in [0.15, 0.2) is 18.2 Å². The number of aryl methyl sites for hydroxylation is 2. The lowest BCUT2D eigenvalue weighted by molar-refractivity contribution is 0.137. The van der Waals surface area contributed by atoms with Crippen LogP contribution in [0.3, 0.4) is 0 Å². The fourth-order valence-corrected chi connectivity index (χ4v) is 3.12. The van der Waals surface area contributed by atoms with E-state index in [2.05, 4.69) is 10.6 Å². The minimum atomic E-state index is -3.39. The molecule has 0 atom stereocenters. The summed E-state index contributed by atoms with van der Waals surface area (Å²) in [6.07, 6.45) is -0.401. The topological polar surface area (TPSA) is 59.6 Å². The van der Waals surface area contributed by atoms with E-state index in [0.29, 0.717) is 0 Å². The Hall–Kier alpha value is -0.870. The number of benzene rings is 1. The molecule has 1 aromatic carbocycles. The first kappa shape index (κ1) is 17.2. The Labute approximate surface area is 121 Å². The van der Waals surface area contributed by atoms with Gasteiger partial charge in [0, 0.05) is 5.69 Å². The third-order valence-electron chi connectivity index (χ3n) is 2.54. The van der Waals surface area contributed by atoms with Gasteiger partial charge in [-0.3, -0.25) is 9.05 Å². The average molecular weight is 300 g/mol. The van der Waals surface area contributed by atoms with Crippen molar-refractivity contribution in [3.63, 3.8) is 0 Å². The summed E-state index contributed by atoms with van der Waals surface area (Å²) in [4.78, 5) is 0. The summed E-state index contributed by atoms with van der Waals surface area (Å²) >= 11 is 0. The normalized spacial score (nSPS) is 12.2. The molecule has 0 saturated carbocycles. The molecule has 1 aromatic rings. The van der Waals surface area contributed by atoms with Crippen LogP contribution in [0.2, 0.25) is 0 Å². The van der Waals surface area contributed by atoms with E-state index in [9.17, 15) is 4.57 Å². The highest BCUT2D eigenvalue weighted by molar-refractivity contribution is 7.51. The van der Waals surface area contributed by atoms with Crippen LogP contribution in [0.25, 0.3) is 0 Å². The molecule has 5 nitrogen and oxygen atoms in total. The second kappa shape index (κ2) is 7.23. The van der Waals surface area contributed by atoms with Crippen LogP contribution in [-0.2, 0) is 13.6 Å². The third-order valence-corrected chi connectivity index (χ3v) is 4.33. The summed E-state index contributed by atoms with van der Waals surface area (Å²) < 4.78 is 23.3. The molecule has 1 rings (SSSR count). The van der Waals surface area contributed by atoms with Crippen molar-refractivity contribution in [1.82, 2.24) is 5.20 Å². The first-order valence-electron chi connectivity index (χ1n) is 6.79. The second-order valence-corrected chi connectivity index (χ2v) is 6.98. The van der Waals surface area contributed by atoms with Gasteiger partial charge in [0.1, 0.15) is 0 Å². The van der Waals surface area contributed by atoms with E-state index in [4.69, 9.17) is 9.05 Å².